The summed E-state index contributed by atoms with van der Waals surface area (Å²) < 4.78 is 32.2. The van der Waals surface area contributed by atoms with Crippen molar-refractivity contribution in [3.8, 4) is 0 Å². The average Bonchev–Trinajstić information content (AvgIpc) is 2.99. The largest absolute Gasteiger partial charge is 0.360 e. The minimum atomic E-state index is -3.51. The van der Waals surface area contributed by atoms with Gasteiger partial charge < -0.3 is 14.7 Å². The Balaban J connectivity index is 1.57. The first-order chi connectivity index (χ1) is 12.8. The van der Waals surface area contributed by atoms with Crippen LogP contribution in [0.4, 0.5) is 5.82 Å². The van der Waals surface area contributed by atoms with Crippen LogP contribution in [0, 0.1) is 20.8 Å². The zero-order chi connectivity index (χ0) is 19.6. The molecular formula is C18H25N4O4S+. The lowest BCUT2D eigenvalue weighted by Gasteiger charge is -2.31. The summed E-state index contributed by atoms with van der Waals surface area (Å²) in [5.74, 6) is 0.861. The van der Waals surface area contributed by atoms with Crippen LogP contribution >= 0.6 is 0 Å². The van der Waals surface area contributed by atoms with E-state index in [1.54, 1.807) is 19.1 Å². The summed E-state index contributed by atoms with van der Waals surface area (Å²) in [6.45, 7) is 7.72. The predicted octanol–water partition coefficient (Wildman–Crippen LogP) is 0.128. The number of amides is 1. The quantitative estimate of drug-likeness (QED) is 0.753. The SMILES string of the molecule is Cc1ccc(S(=O)(=O)N2CC[NH+](CC(=O)Nc3cc(C)on3)CC2)c(C)c1. The zero-order valence-electron chi connectivity index (χ0n) is 15.8. The molecule has 1 aliphatic rings. The van der Waals surface area contributed by atoms with Gasteiger partial charge in [-0.3, -0.25) is 4.79 Å². The molecule has 9 heteroatoms. The molecule has 0 spiro atoms. The molecule has 0 unspecified atom stereocenters. The molecule has 146 valence electrons. The Morgan fingerprint density at radius 1 is 1.22 bits per heavy atom. The van der Waals surface area contributed by atoms with Crippen LogP contribution < -0.4 is 10.2 Å². The molecule has 8 nitrogen and oxygen atoms in total. The normalized spacial score (nSPS) is 16.4. The first kappa shape index (κ1) is 19.5. The maximum Gasteiger partial charge on any atom is 0.280 e. The van der Waals surface area contributed by atoms with Crippen LogP contribution in [0.25, 0.3) is 0 Å². The number of benzene rings is 1. The molecule has 1 aromatic carbocycles. The van der Waals surface area contributed by atoms with Crippen molar-refractivity contribution < 1.29 is 22.6 Å². The number of aryl methyl sites for hydroxylation is 3. The van der Waals surface area contributed by atoms with Crippen LogP contribution in [0.1, 0.15) is 16.9 Å². The molecule has 2 N–H and O–H groups in total. The average molecular weight is 393 g/mol. The number of nitrogens with one attached hydrogen (secondary N) is 2. The van der Waals surface area contributed by atoms with E-state index in [-0.39, 0.29) is 12.5 Å². The summed E-state index contributed by atoms with van der Waals surface area (Å²) in [7, 11) is -3.51. The summed E-state index contributed by atoms with van der Waals surface area (Å²) in [4.78, 5) is 13.5. The molecule has 1 aromatic heterocycles. The number of rotatable bonds is 5. The lowest BCUT2D eigenvalue weighted by atomic mass is 10.2. The molecule has 2 aromatic rings. The molecular weight excluding hydrogens is 368 g/mol. The Hall–Kier alpha value is -2.23. The number of nitrogens with zero attached hydrogens (tertiary/aromatic N) is 2. The smallest absolute Gasteiger partial charge is 0.280 e. The monoisotopic (exact) mass is 393 g/mol. The van der Waals surface area contributed by atoms with Gasteiger partial charge in [0.2, 0.25) is 10.0 Å². The van der Waals surface area contributed by atoms with E-state index in [2.05, 4.69) is 10.5 Å². The summed E-state index contributed by atoms with van der Waals surface area (Å²) in [5.41, 5.74) is 1.79. The highest BCUT2D eigenvalue weighted by molar-refractivity contribution is 7.89. The van der Waals surface area contributed by atoms with Gasteiger partial charge in [0.1, 0.15) is 5.76 Å². The fraction of sp³-hybridized carbons (Fsp3) is 0.444. The van der Waals surface area contributed by atoms with E-state index < -0.39 is 10.0 Å². The number of quaternary nitrogens is 1. The van der Waals surface area contributed by atoms with Crippen molar-refractivity contribution in [3.63, 3.8) is 0 Å². The van der Waals surface area contributed by atoms with Crippen molar-refractivity contribution in [2.75, 3.05) is 38.0 Å². The van der Waals surface area contributed by atoms with Gasteiger partial charge in [-0.25, -0.2) is 8.42 Å². The first-order valence-electron chi connectivity index (χ1n) is 8.90. The first-order valence-corrected chi connectivity index (χ1v) is 10.3. The summed E-state index contributed by atoms with van der Waals surface area (Å²) in [6, 6.07) is 7.02. The van der Waals surface area contributed by atoms with Crippen molar-refractivity contribution >= 4 is 21.7 Å². The maximum atomic E-state index is 12.9. The molecule has 0 bridgehead atoms. The highest BCUT2D eigenvalue weighted by Gasteiger charge is 2.32. The Morgan fingerprint density at radius 3 is 2.52 bits per heavy atom. The predicted molar refractivity (Wildman–Crippen MR) is 100 cm³/mol. The van der Waals surface area contributed by atoms with Crippen LogP contribution in [0.2, 0.25) is 0 Å². The third-order valence-electron chi connectivity index (χ3n) is 4.68. The topological polar surface area (TPSA) is 97.0 Å². The van der Waals surface area contributed by atoms with Crippen LogP contribution in [0.5, 0.6) is 0 Å². The lowest BCUT2D eigenvalue weighted by Crippen LogP contribution is -3.15. The highest BCUT2D eigenvalue weighted by atomic mass is 32.2. The van der Waals surface area contributed by atoms with Crippen LogP contribution in [-0.4, -0.2) is 56.5 Å². The zero-order valence-corrected chi connectivity index (χ0v) is 16.6. The van der Waals surface area contributed by atoms with Crippen molar-refractivity contribution in [2.24, 2.45) is 0 Å². The van der Waals surface area contributed by atoms with Gasteiger partial charge in [-0.2, -0.15) is 4.31 Å². The fourth-order valence-electron chi connectivity index (χ4n) is 3.29. The number of hydrogen-bond acceptors (Lipinski definition) is 5. The Bertz CT molecular complexity index is 931. The lowest BCUT2D eigenvalue weighted by molar-refractivity contribution is -0.895. The minimum absolute atomic E-state index is 0.163. The Labute approximate surface area is 159 Å². The third kappa shape index (κ3) is 4.55. The molecule has 0 aliphatic carbocycles. The van der Waals surface area contributed by atoms with Crippen LogP contribution in [0.15, 0.2) is 33.7 Å². The molecule has 1 fully saturated rings. The second kappa shape index (κ2) is 7.79. The molecule has 3 rings (SSSR count). The maximum absolute atomic E-state index is 12.9. The van der Waals surface area contributed by atoms with Crippen LogP contribution in [-0.2, 0) is 14.8 Å². The van der Waals surface area contributed by atoms with Crippen molar-refractivity contribution in [3.05, 3.63) is 41.2 Å². The van der Waals surface area contributed by atoms with E-state index in [4.69, 9.17) is 4.52 Å². The van der Waals surface area contributed by atoms with Gasteiger partial charge in [0.05, 0.1) is 31.1 Å². The Morgan fingerprint density at radius 2 is 1.93 bits per heavy atom. The van der Waals surface area contributed by atoms with Crippen molar-refractivity contribution in [1.82, 2.24) is 9.46 Å². The molecule has 0 radical (unpaired) electrons. The van der Waals surface area contributed by atoms with Crippen molar-refractivity contribution in [2.45, 2.75) is 25.7 Å². The number of anilines is 1. The van der Waals surface area contributed by atoms with Gasteiger partial charge in [-0.15, -0.1) is 0 Å². The van der Waals surface area contributed by atoms with E-state index in [0.717, 1.165) is 16.0 Å². The molecule has 27 heavy (non-hydrogen) atoms. The summed E-state index contributed by atoms with van der Waals surface area (Å²) in [5, 5.41) is 6.43. The molecule has 2 heterocycles. The molecule has 1 aliphatic heterocycles. The van der Waals surface area contributed by atoms with Gasteiger partial charge in [0, 0.05) is 6.07 Å². The third-order valence-corrected chi connectivity index (χ3v) is 6.74. The van der Waals surface area contributed by atoms with Gasteiger partial charge in [0.25, 0.3) is 5.91 Å². The Kier molecular flexibility index (Phi) is 5.64. The second-order valence-corrected chi connectivity index (χ2v) is 8.88. The number of hydrogen-bond donors (Lipinski definition) is 2. The molecule has 1 amide bonds. The standard InChI is InChI=1S/C18H24N4O4S/c1-13-4-5-16(14(2)10-13)27(24,25)22-8-6-21(7-9-22)12-18(23)19-17-11-15(3)26-20-17/h4-5,10-11H,6-9,12H2,1-3H3,(H,19,20,23)/p+1. The highest BCUT2D eigenvalue weighted by Crippen LogP contribution is 2.20. The minimum Gasteiger partial charge on any atom is -0.360 e. The molecule has 0 atom stereocenters. The molecule has 1 saturated heterocycles. The van der Waals surface area contributed by atoms with Gasteiger partial charge in [-0.1, -0.05) is 22.9 Å². The van der Waals surface area contributed by atoms with E-state index in [0.29, 0.717) is 42.7 Å². The van der Waals surface area contributed by atoms with Crippen LogP contribution in [0.3, 0.4) is 0 Å². The molecule has 0 saturated carbocycles. The van der Waals surface area contributed by atoms with E-state index >= 15 is 0 Å². The number of carbonyl (C=O) groups is 1. The number of carbonyl (C=O) groups excluding carboxylic acids is 1. The van der Waals surface area contributed by atoms with Gasteiger partial charge in [-0.05, 0) is 32.4 Å². The fourth-order valence-corrected chi connectivity index (χ4v) is 4.93. The van der Waals surface area contributed by atoms with E-state index in [9.17, 15) is 13.2 Å². The van der Waals surface area contributed by atoms with Crippen molar-refractivity contribution in [1.29, 1.82) is 0 Å². The van der Waals surface area contributed by atoms with Gasteiger partial charge in [0.15, 0.2) is 12.4 Å². The second-order valence-electron chi connectivity index (χ2n) is 6.97. The van der Waals surface area contributed by atoms with E-state index in [1.165, 1.54) is 4.31 Å². The number of sulfonamides is 1. The summed E-state index contributed by atoms with van der Waals surface area (Å²) >= 11 is 0. The van der Waals surface area contributed by atoms with E-state index in [1.807, 2.05) is 26.0 Å². The summed E-state index contributed by atoms with van der Waals surface area (Å²) in [6.07, 6.45) is 0. The van der Waals surface area contributed by atoms with Gasteiger partial charge >= 0.3 is 0 Å². The number of piperazine rings is 1. The number of aromatic nitrogens is 1.